The zero-order valence-corrected chi connectivity index (χ0v) is 23.9. The van der Waals surface area contributed by atoms with Crippen molar-refractivity contribution in [2.24, 2.45) is 0 Å². The highest BCUT2D eigenvalue weighted by Gasteiger charge is 2.38. The van der Waals surface area contributed by atoms with Gasteiger partial charge in [-0.3, -0.25) is 0 Å². The first kappa shape index (κ1) is 34.6. The Balaban J connectivity index is 1.57. The van der Waals surface area contributed by atoms with Gasteiger partial charge in [0.15, 0.2) is 0 Å². The van der Waals surface area contributed by atoms with Crippen LogP contribution in [0.4, 0.5) is 37.7 Å². The third-order valence-electron chi connectivity index (χ3n) is 6.40. The van der Waals surface area contributed by atoms with Crippen molar-refractivity contribution in [3.05, 3.63) is 88.7 Å². The molecule has 0 aliphatic rings. The van der Waals surface area contributed by atoms with Gasteiger partial charge >= 0.3 is 24.2 Å². The van der Waals surface area contributed by atoms with E-state index < -0.39 is 48.1 Å². The second-order valence-corrected chi connectivity index (χ2v) is 9.84. The van der Waals surface area contributed by atoms with E-state index in [1.807, 2.05) is 0 Å². The second kappa shape index (κ2) is 14.7. The van der Waals surface area contributed by atoms with Crippen molar-refractivity contribution >= 4 is 29.4 Å². The summed E-state index contributed by atoms with van der Waals surface area (Å²) in [5, 5.41) is 9.13. The van der Waals surface area contributed by atoms with Gasteiger partial charge in [0, 0.05) is 41.9 Å². The summed E-state index contributed by atoms with van der Waals surface area (Å²) in [6.45, 7) is 1.39. The molecular weight excluding hydrogens is 610 g/mol. The first-order valence-electron chi connectivity index (χ1n) is 13.5. The van der Waals surface area contributed by atoms with Gasteiger partial charge < -0.3 is 30.8 Å². The van der Waals surface area contributed by atoms with E-state index >= 15 is 0 Å². The number of hydrogen-bond donors (Lipinski definition) is 3. The van der Waals surface area contributed by atoms with Crippen LogP contribution >= 0.6 is 0 Å². The summed E-state index contributed by atoms with van der Waals surface area (Å²) in [7, 11) is 0. The van der Waals surface area contributed by atoms with E-state index in [2.05, 4.69) is 4.74 Å². The summed E-state index contributed by atoms with van der Waals surface area (Å²) < 4.78 is 95.6. The first-order chi connectivity index (χ1) is 21.1. The number of rotatable bonds is 14. The van der Waals surface area contributed by atoms with Gasteiger partial charge in [-0.25, -0.2) is 14.0 Å². The molecule has 0 aliphatic carbocycles. The van der Waals surface area contributed by atoms with E-state index in [9.17, 15) is 35.9 Å². The second-order valence-electron chi connectivity index (χ2n) is 9.84. The number of nitrogens with two attached hydrogens (primary N) is 2. The maximum atomic E-state index is 14.7. The van der Waals surface area contributed by atoms with Crippen molar-refractivity contribution in [2.75, 3.05) is 18.1 Å². The minimum absolute atomic E-state index is 0.0723. The predicted octanol–water partition coefficient (Wildman–Crippen LogP) is 7.12. The molecule has 45 heavy (non-hydrogen) atoms. The molecule has 0 saturated carbocycles. The maximum Gasteiger partial charge on any atom is 0.429 e. The summed E-state index contributed by atoms with van der Waals surface area (Å²) in [5.41, 5.74) is 11.9. The zero-order valence-electron chi connectivity index (χ0n) is 23.9. The number of nitrogen functional groups attached to an aromatic ring is 2. The van der Waals surface area contributed by atoms with E-state index in [1.165, 1.54) is 42.5 Å². The van der Waals surface area contributed by atoms with E-state index in [0.29, 0.717) is 29.7 Å². The molecule has 1 unspecified atom stereocenters. The number of benzene rings is 3. The molecule has 0 saturated heterocycles. The fourth-order valence-electron chi connectivity index (χ4n) is 4.08. The molecule has 3 aromatic rings. The SMILES string of the molecule is CCC(Cc1c(N)cc(C(=O)O)cc1N)OC(=O)C=Cc1ccc(OC(F)(F)c2ccc(OCCCC(F)(F)F)cc2F)cc1. The van der Waals surface area contributed by atoms with Crippen LogP contribution in [0.15, 0.2) is 60.7 Å². The number of alkyl halides is 5. The molecule has 0 amide bonds. The highest BCUT2D eigenvalue weighted by molar-refractivity contribution is 5.91. The molecule has 1 atom stereocenters. The van der Waals surface area contributed by atoms with E-state index in [4.69, 9.17) is 26.0 Å². The lowest BCUT2D eigenvalue weighted by Gasteiger charge is -2.19. The van der Waals surface area contributed by atoms with Gasteiger partial charge in [0.05, 0.1) is 12.2 Å². The van der Waals surface area contributed by atoms with Gasteiger partial charge in [0.1, 0.15) is 29.0 Å². The number of carbonyl (C=O) groups excluding carboxylic acids is 1. The van der Waals surface area contributed by atoms with Gasteiger partial charge in [0.2, 0.25) is 0 Å². The number of esters is 1. The number of carboxylic acids is 1. The summed E-state index contributed by atoms with van der Waals surface area (Å²) in [6, 6.07) is 9.97. The van der Waals surface area contributed by atoms with Crippen molar-refractivity contribution in [2.45, 2.75) is 51.0 Å². The lowest BCUT2D eigenvalue weighted by Crippen LogP contribution is -2.23. The summed E-state index contributed by atoms with van der Waals surface area (Å²) in [4.78, 5) is 23.6. The molecule has 0 aliphatic heterocycles. The highest BCUT2D eigenvalue weighted by Crippen LogP contribution is 2.35. The molecule has 3 aromatic carbocycles. The molecule has 0 spiro atoms. The van der Waals surface area contributed by atoms with Gasteiger partial charge in [-0.1, -0.05) is 19.1 Å². The molecule has 0 bridgehead atoms. The number of hydrogen-bond acceptors (Lipinski definition) is 7. The Kier molecular flexibility index (Phi) is 11.3. The fraction of sp³-hybridized carbons (Fsp3) is 0.290. The monoisotopic (exact) mass is 640 g/mol. The third kappa shape index (κ3) is 10.4. The Bertz CT molecular complexity index is 1500. The number of aromatic carboxylic acids is 1. The molecule has 242 valence electrons. The molecular formula is C31H30F6N2O6. The van der Waals surface area contributed by atoms with Gasteiger partial charge in [-0.05, 0) is 60.9 Å². The molecule has 14 heteroatoms. The van der Waals surface area contributed by atoms with Crippen LogP contribution in [0.2, 0.25) is 0 Å². The zero-order chi connectivity index (χ0) is 33.4. The maximum absolute atomic E-state index is 14.7. The van der Waals surface area contributed by atoms with Gasteiger partial charge in [-0.15, -0.1) is 0 Å². The van der Waals surface area contributed by atoms with Crippen molar-refractivity contribution in [1.82, 2.24) is 0 Å². The van der Waals surface area contributed by atoms with Crippen LogP contribution in [-0.4, -0.2) is 35.9 Å². The Labute approximate surface area is 254 Å². The number of ether oxygens (including phenoxy) is 3. The van der Waals surface area contributed by atoms with E-state index in [1.54, 1.807) is 6.92 Å². The third-order valence-corrected chi connectivity index (χ3v) is 6.40. The van der Waals surface area contributed by atoms with Crippen LogP contribution in [0.25, 0.3) is 6.08 Å². The van der Waals surface area contributed by atoms with Crippen molar-refractivity contribution in [3.63, 3.8) is 0 Å². The molecule has 8 nitrogen and oxygen atoms in total. The first-order valence-corrected chi connectivity index (χ1v) is 13.5. The Hall–Kier alpha value is -4.88. The molecule has 0 fully saturated rings. The summed E-state index contributed by atoms with van der Waals surface area (Å²) >= 11 is 0. The summed E-state index contributed by atoms with van der Waals surface area (Å²) in [6.07, 6.45) is -7.54. The molecule has 5 N–H and O–H groups in total. The van der Waals surface area contributed by atoms with E-state index in [-0.39, 0.29) is 47.9 Å². The van der Waals surface area contributed by atoms with Crippen molar-refractivity contribution in [1.29, 1.82) is 0 Å². The van der Waals surface area contributed by atoms with Gasteiger partial charge in [-0.2, -0.15) is 22.0 Å². The number of halogens is 6. The minimum Gasteiger partial charge on any atom is -0.493 e. The van der Waals surface area contributed by atoms with E-state index in [0.717, 1.165) is 12.1 Å². The standard InChI is InChI=1S/C31H30F6N2O6/c1-2-20(16-23-26(38)14-19(29(41)42)15-27(23)39)44-28(40)11-6-18-4-7-21(8-5-18)45-31(36,37)24-10-9-22(17-25(24)32)43-13-3-12-30(33,34)35/h4-11,14-15,17,20H,2-3,12-13,16,38-39H2,1H3,(H,41,42). The lowest BCUT2D eigenvalue weighted by molar-refractivity contribution is -0.187. The number of carboxylic acid groups (broad SMARTS) is 1. The average molecular weight is 641 g/mol. The van der Waals surface area contributed by atoms with Crippen LogP contribution in [0.5, 0.6) is 11.5 Å². The van der Waals surface area contributed by atoms with Crippen LogP contribution < -0.4 is 20.9 Å². The Morgan fingerprint density at radius 3 is 2.13 bits per heavy atom. The largest absolute Gasteiger partial charge is 0.493 e. The van der Waals surface area contributed by atoms with Gasteiger partial charge in [0.25, 0.3) is 0 Å². The lowest BCUT2D eigenvalue weighted by atomic mass is 10.00. The normalized spacial score (nSPS) is 12.6. The Morgan fingerprint density at radius 2 is 1.58 bits per heavy atom. The number of anilines is 2. The van der Waals surface area contributed by atoms with Crippen LogP contribution in [0.3, 0.4) is 0 Å². The van der Waals surface area contributed by atoms with Crippen molar-refractivity contribution in [3.8, 4) is 11.5 Å². The molecule has 0 aromatic heterocycles. The quantitative estimate of drug-likeness (QED) is 0.0558. The van der Waals surface area contributed by atoms with Crippen LogP contribution in [0.1, 0.15) is 53.2 Å². The van der Waals surface area contributed by atoms with Crippen LogP contribution in [-0.2, 0) is 22.1 Å². The topological polar surface area (TPSA) is 134 Å². The smallest absolute Gasteiger partial charge is 0.429 e. The number of carbonyl (C=O) groups is 2. The molecule has 0 radical (unpaired) electrons. The van der Waals surface area contributed by atoms with Crippen LogP contribution in [0, 0.1) is 5.82 Å². The average Bonchev–Trinajstić information content (AvgIpc) is 2.95. The molecule has 3 rings (SSSR count). The fourth-order valence-corrected chi connectivity index (χ4v) is 4.08. The Morgan fingerprint density at radius 1 is 0.956 bits per heavy atom. The predicted molar refractivity (Wildman–Crippen MR) is 153 cm³/mol. The highest BCUT2D eigenvalue weighted by atomic mass is 19.4. The molecule has 0 heterocycles. The minimum atomic E-state index is -4.37. The van der Waals surface area contributed by atoms with Crippen molar-refractivity contribution < 1.29 is 55.2 Å². The summed E-state index contributed by atoms with van der Waals surface area (Å²) in [5.74, 6) is -3.80.